The fraction of sp³-hybridized carbons (Fsp3) is 0. The molecular weight excluding hydrogens is 563 g/mol. The molecule has 0 atom stereocenters. The molecule has 0 unspecified atom stereocenters. The Hall–Kier alpha value is -5.72. The molecule has 0 bridgehead atoms. The van der Waals surface area contributed by atoms with Crippen molar-refractivity contribution in [2.45, 2.75) is 0 Å². The first-order valence-corrected chi connectivity index (χ1v) is 15.2. The minimum absolute atomic E-state index is 0.852. The van der Waals surface area contributed by atoms with Gasteiger partial charge in [0.05, 0.1) is 39.5 Å². The third kappa shape index (κ3) is 4.07. The van der Waals surface area contributed by atoms with Crippen LogP contribution in [0.2, 0.25) is 0 Å². The van der Waals surface area contributed by atoms with Crippen LogP contribution in [0.3, 0.4) is 0 Å². The van der Waals surface area contributed by atoms with Gasteiger partial charge in [0.15, 0.2) is 0 Å². The fourth-order valence-corrected chi connectivity index (χ4v) is 7.01. The zero-order chi connectivity index (χ0) is 29.0. The first-order chi connectivity index (χ1) is 21.8. The molecule has 0 N–H and O–H groups in total. The van der Waals surface area contributed by atoms with Gasteiger partial charge in [0, 0.05) is 44.9 Å². The van der Waals surface area contributed by atoms with Gasteiger partial charge in [0.2, 0.25) is 0 Å². The minimum atomic E-state index is 0.852. The number of nitrogens with zero attached hydrogens (tertiary/aromatic N) is 3. The Bertz CT molecular complexity index is 2440. The van der Waals surface area contributed by atoms with Crippen LogP contribution in [0.1, 0.15) is 0 Å². The Kier molecular flexibility index (Phi) is 5.61. The van der Waals surface area contributed by atoms with E-state index in [1.165, 1.54) is 5.39 Å². The van der Waals surface area contributed by atoms with Crippen LogP contribution in [0.25, 0.3) is 82.2 Å². The molecule has 0 fully saturated rings. The van der Waals surface area contributed by atoms with Gasteiger partial charge in [-0.25, -0.2) is 4.98 Å². The van der Waals surface area contributed by atoms with Crippen molar-refractivity contribution in [3.05, 3.63) is 140 Å². The Balaban J connectivity index is 1.25. The van der Waals surface area contributed by atoms with E-state index in [0.29, 0.717) is 0 Å². The molecule has 0 aliphatic rings. The summed E-state index contributed by atoms with van der Waals surface area (Å²) in [5.74, 6) is 1.71. The maximum Gasteiger partial charge on any atom is 0.133 e. The largest absolute Gasteiger partial charge is 0.464 e. The molecular formula is C38H23N3O2S. The zero-order valence-electron chi connectivity index (χ0n) is 23.3. The Morgan fingerprint density at radius 3 is 2.18 bits per heavy atom. The van der Waals surface area contributed by atoms with E-state index in [-0.39, 0.29) is 0 Å². The maximum absolute atomic E-state index is 5.75. The maximum atomic E-state index is 5.75. The third-order valence-corrected chi connectivity index (χ3v) is 9.15. The van der Waals surface area contributed by atoms with Gasteiger partial charge in [0.1, 0.15) is 16.5 Å². The van der Waals surface area contributed by atoms with Crippen LogP contribution in [-0.2, 0) is 0 Å². The first-order valence-electron chi connectivity index (χ1n) is 14.4. The molecule has 0 aliphatic carbocycles. The van der Waals surface area contributed by atoms with Gasteiger partial charge in [-0.3, -0.25) is 4.98 Å². The summed E-state index contributed by atoms with van der Waals surface area (Å²) >= 11 is 1.70. The number of hydrogen-bond acceptors (Lipinski definition) is 5. The highest BCUT2D eigenvalue weighted by Crippen LogP contribution is 2.39. The Labute approximate surface area is 256 Å². The number of pyridine rings is 1. The number of benzene rings is 4. The van der Waals surface area contributed by atoms with Crippen LogP contribution in [0.15, 0.2) is 149 Å². The van der Waals surface area contributed by atoms with E-state index in [1.54, 1.807) is 23.9 Å². The third-order valence-electron chi connectivity index (χ3n) is 8.08. The second kappa shape index (κ2) is 9.93. The summed E-state index contributed by atoms with van der Waals surface area (Å²) in [6.45, 7) is 0. The quantitative estimate of drug-likeness (QED) is 0.202. The molecule has 0 amide bonds. The lowest BCUT2D eigenvalue weighted by Crippen LogP contribution is -1.95. The highest BCUT2D eigenvalue weighted by atomic mass is 32.1. The summed E-state index contributed by atoms with van der Waals surface area (Å²) in [6, 6.07) is 41.9. The molecule has 0 aliphatic heterocycles. The number of fused-ring (bicyclic) bond motifs is 4. The normalized spacial score (nSPS) is 11.6. The van der Waals surface area contributed by atoms with Crippen molar-refractivity contribution < 1.29 is 8.83 Å². The molecule has 5 nitrogen and oxygen atoms in total. The number of rotatable bonds is 5. The molecule has 5 heterocycles. The summed E-state index contributed by atoms with van der Waals surface area (Å²) < 4.78 is 14.8. The highest BCUT2D eigenvalue weighted by Gasteiger charge is 2.17. The van der Waals surface area contributed by atoms with Crippen molar-refractivity contribution >= 4 is 43.4 Å². The first kappa shape index (κ1) is 24.8. The van der Waals surface area contributed by atoms with Crippen molar-refractivity contribution in [2.75, 3.05) is 0 Å². The lowest BCUT2D eigenvalue weighted by molar-refractivity contribution is 0.582. The molecule has 5 aromatic heterocycles. The molecule has 208 valence electrons. The van der Waals surface area contributed by atoms with E-state index in [0.717, 1.165) is 76.8 Å². The molecule has 0 radical (unpaired) electrons. The Morgan fingerprint density at radius 2 is 1.39 bits per heavy atom. The number of furan rings is 2. The second-order valence-corrected chi connectivity index (χ2v) is 11.8. The molecule has 6 heteroatoms. The van der Waals surface area contributed by atoms with Gasteiger partial charge in [-0.2, -0.15) is 0 Å². The van der Waals surface area contributed by atoms with Crippen LogP contribution in [0, 0.1) is 0 Å². The van der Waals surface area contributed by atoms with Crippen molar-refractivity contribution in [3.63, 3.8) is 0 Å². The lowest BCUT2D eigenvalue weighted by atomic mass is 10.1. The van der Waals surface area contributed by atoms with E-state index in [9.17, 15) is 0 Å². The summed E-state index contributed by atoms with van der Waals surface area (Å²) in [5, 5.41) is 3.31. The zero-order valence-corrected chi connectivity index (χ0v) is 24.2. The molecule has 9 rings (SSSR count). The van der Waals surface area contributed by atoms with E-state index >= 15 is 0 Å². The van der Waals surface area contributed by atoms with Gasteiger partial charge in [-0.15, -0.1) is 11.3 Å². The van der Waals surface area contributed by atoms with Gasteiger partial charge < -0.3 is 13.4 Å². The molecule has 0 spiro atoms. The standard InChI is InChI=1S/C38H23N3O2S/c1-2-17-39-31(8-1)24-6-3-7-28(20-24)41-33-16-13-25(35-9-4-18-42-35)21-30(33)29-14-11-27(22-34(29)41)38-40-32-15-12-26(23-37(32)44-38)36-10-5-19-43-36/h1-23H. The predicted molar refractivity (Wildman–Crippen MR) is 178 cm³/mol. The van der Waals surface area contributed by atoms with Gasteiger partial charge >= 0.3 is 0 Å². The summed E-state index contributed by atoms with van der Waals surface area (Å²) in [4.78, 5) is 9.63. The highest BCUT2D eigenvalue weighted by molar-refractivity contribution is 7.21. The van der Waals surface area contributed by atoms with Crippen LogP contribution in [0.5, 0.6) is 0 Å². The molecule has 4 aromatic carbocycles. The van der Waals surface area contributed by atoms with Gasteiger partial charge in [0.25, 0.3) is 0 Å². The molecule has 0 saturated carbocycles. The average molecular weight is 586 g/mol. The average Bonchev–Trinajstić information content (AvgIpc) is 3.90. The van der Waals surface area contributed by atoms with Crippen molar-refractivity contribution in [2.24, 2.45) is 0 Å². The molecule has 9 aromatic rings. The molecule has 0 saturated heterocycles. The van der Waals surface area contributed by atoms with Crippen LogP contribution in [0.4, 0.5) is 0 Å². The van der Waals surface area contributed by atoms with Crippen molar-refractivity contribution in [3.8, 4) is 50.2 Å². The van der Waals surface area contributed by atoms with Gasteiger partial charge in [-0.05, 0) is 91.0 Å². The smallest absolute Gasteiger partial charge is 0.133 e. The lowest BCUT2D eigenvalue weighted by Gasteiger charge is -2.10. The summed E-state index contributed by atoms with van der Waals surface area (Å²) in [7, 11) is 0. The van der Waals surface area contributed by atoms with Crippen molar-refractivity contribution in [1.82, 2.24) is 14.5 Å². The SMILES string of the molecule is c1ccc(-c2cccc(-n3c4ccc(-c5ccco5)cc4c4ccc(-c5nc6ccc(-c7ccco7)cc6s5)cc43)c2)nc1. The van der Waals surface area contributed by atoms with Crippen LogP contribution >= 0.6 is 11.3 Å². The second-order valence-electron chi connectivity index (χ2n) is 10.7. The summed E-state index contributed by atoms with van der Waals surface area (Å²) in [6.07, 6.45) is 5.25. The topological polar surface area (TPSA) is 57.0 Å². The monoisotopic (exact) mass is 585 g/mol. The van der Waals surface area contributed by atoms with E-state index in [1.807, 2.05) is 48.7 Å². The summed E-state index contributed by atoms with van der Waals surface area (Å²) in [5.41, 5.74) is 9.48. The van der Waals surface area contributed by atoms with Gasteiger partial charge in [-0.1, -0.05) is 30.3 Å². The number of aromatic nitrogens is 3. The van der Waals surface area contributed by atoms with E-state index in [4.69, 9.17) is 13.8 Å². The van der Waals surface area contributed by atoms with Crippen LogP contribution in [-0.4, -0.2) is 14.5 Å². The number of hydrogen-bond donors (Lipinski definition) is 0. The fourth-order valence-electron chi connectivity index (χ4n) is 6.01. The van der Waals surface area contributed by atoms with E-state index < -0.39 is 0 Å². The minimum Gasteiger partial charge on any atom is -0.464 e. The van der Waals surface area contributed by atoms with E-state index in [2.05, 4.69) is 88.4 Å². The molecule has 44 heavy (non-hydrogen) atoms. The Morgan fingerprint density at radius 1 is 0.568 bits per heavy atom. The van der Waals surface area contributed by atoms with Crippen molar-refractivity contribution in [1.29, 1.82) is 0 Å². The van der Waals surface area contributed by atoms with Crippen LogP contribution < -0.4 is 0 Å². The predicted octanol–water partition coefficient (Wildman–Crippen LogP) is 10.6. The number of thiazole rings is 1.